The Balaban J connectivity index is 1.87. The number of urea groups is 1. The molecule has 0 saturated carbocycles. The first-order valence-electron chi connectivity index (χ1n) is 6.87. The van der Waals surface area contributed by atoms with Crippen LogP contribution in [0.25, 0.3) is 0 Å². The van der Waals surface area contributed by atoms with E-state index in [1.54, 1.807) is 22.2 Å². The van der Waals surface area contributed by atoms with Crippen molar-refractivity contribution in [3.8, 4) is 0 Å². The summed E-state index contributed by atoms with van der Waals surface area (Å²) in [6.45, 7) is 3.34. The summed E-state index contributed by atoms with van der Waals surface area (Å²) < 4.78 is 1.77. The Morgan fingerprint density at radius 1 is 1.52 bits per heavy atom. The van der Waals surface area contributed by atoms with Crippen LogP contribution in [0.5, 0.6) is 0 Å². The fourth-order valence-electron chi connectivity index (χ4n) is 1.98. The molecule has 0 radical (unpaired) electrons. The van der Waals surface area contributed by atoms with E-state index in [1.165, 1.54) is 4.88 Å². The van der Waals surface area contributed by atoms with E-state index in [0.717, 1.165) is 6.54 Å². The van der Waals surface area contributed by atoms with Crippen LogP contribution in [0.4, 0.5) is 10.5 Å². The molecule has 0 aliphatic carbocycles. The van der Waals surface area contributed by atoms with Gasteiger partial charge in [-0.05, 0) is 32.5 Å². The summed E-state index contributed by atoms with van der Waals surface area (Å²) in [6, 6.07) is 4.07. The number of rotatable bonds is 6. The zero-order valence-electron chi connectivity index (χ0n) is 12.5. The van der Waals surface area contributed by atoms with Gasteiger partial charge in [0, 0.05) is 24.2 Å². The van der Waals surface area contributed by atoms with Crippen LogP contribution in [0.15, 0.2) is 29.9 Å². The van der Waals surface area contributed by atoms with E-state index in [9.17, 15) is 4.79 Å². The third-order valence-corrected chi connectivity index (χ3v) is 4.14. The molecule has 2 aromatic rings. The van der Waals surface area contributed by atoms with Crippen molar-refractivity contribution < 1.29 is 4.79 Å². The molecular weight excluding hydrogens is 286 g/mol. The number of nitrogens with one attached hydrogen (secondary N) is 2. The van der Waals surface area contributed by atoms with E-state index in [2.05, 4.69) is 26.7 Å². The molecule has 7 heteroatoms. The van der Waals surface area contributed by atoms with Crippen molar-refractivity contribution >= 4 is 23.1 Å². The minimum Gasteiger partial charge on any atom is -0.336 e. The first-order chi connectivity index (χ1) is 10.1. The molecule has 6 nitrogen and oxygen atoms in total. The molecule has 1 atom stereocenters. The van der Waals surface area contributed by atoms with Crippen LogP contribution in [-0.4, -0.2) is 41.4 Å². The molecular formula is C14H21N5OS. The normalized spacial score (nSPS) is 12.4. The maximum atomic E-state index is 11.9. The molecule has 0 fully saturated rings. The van der Waals surface area contributed by atoms with Gasteiger partial charge >= 0.3 is 6.03 Å². The Hall–Kier alpha value is -1.86. The molecule has 0 bridgehead atoms. The van der Waals surface area contributed by atoms with Gasteiger partial charge in [0.1, 0.15) is 0 Å². The van der Waals surface area contributed by atoms with Gasteiger partial charge in [-0.2, -0.15) is 5.10 Å². The van der Waals surface area contributed by atoms with Gasteiger partial charge in [0.05, 0.1) is 17.9 Å². The van der Waals surface area contributed by atoms with Gasteiger partial charge in [0.2, 0.25) is 0 Å². The summed E-state index contributed by atoms with van der Waals surface area (Å²) in [6.07, 6.45) is 3.45. The lowest BCUT2D eigenvalue weighted by Gasteiger charge is -2.23. The monoisotopic (exact) mass is 307 g/mol. The Bertz CT molecular complexity index is 564. The minimum absolute atomic E-state index is 0.175. The van der Waals surface area contributed by atoms with Gasteiger partial charge in [-0.25, -0.2) is 4.79 Å². The molecule has 0 unspecified atom stereocenters. The predicted octanol–water partition coefficient (Wildman–Crippen LogP) is 2.39. The molecule has 0 saturated heterocycles. The third kappa shape index (κ3) is 4.30. The number of hydrogen-bond donors (Lipinski definition) is 2. The van der Waals surface area contributed by atoms with Gasteiger partial charge < -0.3 is 15.5 Å². The molecule has 2 rings (SSSR count). The fraction of sp³-hybridized carbons (Fsp3) is 0.429. The van der Waals surface area contributed by atoms with Gasteiger partial charge in [-0.3, -0.25) is 4.68 Å². The standard InChI is InChI=1S/C14H21N5OS/c1-4-19-10-11(8-16-19)17-14(20)15-9-12(18(2)3)13-6-5-7-21-13/h5-8,10,12H,4,9H2,1-3H3,(H2,15,17,20)/t12-/m1/s1. The number of amides is 2. The molecule has 2 aromatic heterocycles. The van der Waals surface area contributed by atoms with Gasteiger partial charge in [0.15, 0.2) is 0 Å². The van der Waals surface area contributed by atoms with Gasteiger partial charge in [-0.1, -0.05) is 6.07 Å². The topological polar surface area (TPSA) is 62.2 Å². The van der Waals surface area contributed by atoms with Gasteiger partial charge in [0.25, 0.3) is 0 Å². The summed E-state index contributed by atoms with van der Waals surface area (Å²) in [4.78, 5) is 15.3. The maximum Gasteiger partial charge on any atom is 0.319 e. The lowest BCUT2D eigenvalue weighted by molar-refractivity contribution is 0.244. The van der Waals surface area contributed by atoms with Crippen LogP contribution in [0.2, 0.25) is 0 Å². The quantitative estimate of drug-likeness (QED) is 0.861. The number of nitrogens with zero attached hydrogens (tertiary/aromatic N) is 3. The van der Waals surface area contributed by atoms with Crippen molar-refractivity contribution in [2.45, 2.75) is 19.5 Å². The zero-order chi connectivity index (χ0) is 15.2. The number of hydrogen-bond acceptors (Lipinski definition) is 4. The van der Waals surface area contributed by atoms with Crippen molar-refractivity contribution in [2.75, 3.05) is 26.0 Å². The predicted molar refractivity (Wildman–Crippen MR) is 85.7 cm³/mol. The molecule has 0 spiro atoms. The van der Waals surface area contributed by atoms with Gasteiger partial charge in [-0.15, -0.1) is 11.3 Å². The van der Waals surface area contributed by atoms with E-state index < -0.39 is 0 Å². The average molecular weight is 307 g/mol. The van der Waals surface area contributed by atoms with Crippen molar-refractivity contribution in [3.63, 3.8) is 0 Å². The number of aryl methyl sites for hydroxylation is 1. The van der Waals surface area contributed by atoms with E-state index in [4.69, 9.17) is 0 Å². The fourth-order valence-corrected chi connectivity index (χ4v) is 2.91. The van der Waals surface area contributed by atoms with E-state index >= 15 is 0 Å². The van der Waals surface area contributed by atoms with E-state index in [1.807, 2.05) is 38.7 Å². The Labute approximate surface area is 128 Å². The van der Waals surface area contributed by atoms with E-state index in [-0.39, 0.29) is 12.1 Å². The molecule has 114 valence electrons. The van der Waals surface area contributed by atoms with Crippen molar-refractivity contribution in [1.82, 2.24) is 20.0 Å². The van der Waals surface area contributed by atoms with Crippen LogP contribution < -0.4 is 10.6 Å². The number of aromatic nitrogens is 2. The number of anilines is 1. The highest BCUT2D eigenvalue weighted by Gasteiger charge is 2.16. The summed E-state index contributed by atoms with van der Waals surface area (Å²) >= 11 is 1.69. The molecule has 0 aliphatic rings. The second-order valence-electron chi connectivity index (χ2n) is 4.91. The summed E-state index contributed by atoms with van der Waals surface area (Å²) in [5, 5.41) is 11.9. The Morgan fingerprint density at radius 3 is 2.90 bits per heavy atom. The zero-order valence-corrected chi connectivity index (χ0v) is 13.4. The van der Waals surface area contributed by atoms with Crippen LogP contribution >= 0.6 is 11.3 Å². The summed E-state index contributed by atoms with van der Waals surface area (Å²) in [5.41, 5.74) is 0.701. The molecule has 2 N–H and O–H groups in total. The van der Waals surface area contributed by atoms with Crippen molar-refractivity contribution in [1.29, 1.82) is 0 Å². The number of carbonyl (C=O) groups excluding carboxylic acids is 1. The number of carbonyl (C=O) groups is 1. The first-order valence-corrected chi connectivity index (χ1v) is 7.75. The lowest BCUT2D eigenvalue weighted by Crippen LogP contribution is -2.36. The summed E-state index contributed by atoms with van der Waals surface area (Å²) in [7, 11) is 4.02. The number of likely N-dealkylation sites (N-methyl/N-ethyl adjacent to an activating group) is 1. The molecule has 21 heavy (non-hydrogen) atoms. The molecule has 0 aliphatic heterocycles. The first kappa shape index (κ1) is 15.5. The highest BCUT2D eigenvalue weighted by molar-refractivity contribution is 7.10. The lowest BCUT2D eigenvalue weighted by atomic mass is 10.2. The highest BCUT2D eigenvalue weighted by Crippen LogP contribution is 2.22. The van der Waals surface area contributed by atoms with E-state index in [0.29, 0.717) is 12.2 Å². The maximum absolute atomic E-state index is 11.9. The largest absolute Gasteiger partial charge is 0.336 e. The van der Waals surface area contributed by atoms with Crippen LogP contribution in [0.3, 0.4) is 0 Å². The smallest absolute Gasteiger partial charge is 0.319 e. The van der Waals surface area contributed by atoms with Crippen LogP contribution in [0.1, 0.15) is 17.8 Å². The van der Waals surface area contributed by atoms with Crippen molar-refractivity contribution in [2.24, 2.45) is 0 Å². The second kappa shape index (κ2) is 7.24. The second-order valence-corrected chi connectivity index (χ2v) is 5.89. The highest BCUT2D eigenvalue weighted by atomic mass is 32.1. The molecule has 0 aromatic carbocycles. The molecule has 2 amide bonds. The Morgan fingerprint density at radius 2 is 2.33 bits per heavy atom. The molecule has 2 heterocycles. The summed E-state index contributed by atoms with van der Waals surface area (Å²) in [5.74, 6) is 0. The van der Waals surface area contributed by atoms with Crippen LogP contribution in [-0.2, 0) is 6.54 Å². The van der Waals surface area contributed by atoms with Crippen LogP contribution in [0, 0.1) is 0 Å². The SMILES string of the molecule is CCn1cc(NC(=O)NC[C@H](c2cccs2)N(C)C)cn1. The number of thiophene rings is 1. The third-order valence-electron chi connectivity index (χ3n) is 3.17. The Kier molecular flexibility index (Phi) is 5.35. The average Bonchev–Trinajstić information content (AvgIpc) is 3.10. The minimum atomic E-state index is -0.214. The van der Waals surface area contributed by atoms with Crippen molar-refractivity contribution in [3.05, 3.63) is 34.8 Å².